The number of piperidine rings is 1. The summed E-state index contributed by atoms with van der Waals surface area (Å²) in [7, 11) is 4.39. The first kappa shape index (κ1) is 27.2. The fourth-order valence-corrected chi connectivity index (χ4v) is 8.26. The third kappa shape index (κ3) is 4.16. The molecule has 3 aliphatic rings. The van der Waals surface area contributed by atoms with Gasteiger partial charge in [-0.3, -0.25) is 0 Å². The first-order valence-electron chi connectivity index (χ1n) is 15.2. The number of likely N-dealkylation sites (N-methyl/N-ethyl adjacent to an activating group) is 2. The zero-order valence-electron chi connectivity index (χ0n) is 24.6. The number of hydrogen-bond acceptors (Lipinski definition) is 4. The van der Waals surface area contributed by atoms with Crippen molar-refractivity contribution in [3.05, 3.63) is 155 Å². The molecule has 0 saturated carbocycles. The van der Waals surface area contributed by atoms with Gasteiger partial charge < -0.3 is 19.6 Å². The maximum absolute atomic E-state index is 12.9. The summed E-state index contributed by atoms with van der Waals surface area (Å²) in [5.41, 5.74) is 4.15. The van der Waals surface area contributed by atoms with Crippen LogP contribution in [0.3, 0.4) is 0 Å². The van der Waals surface area contributed by atoms with E-state index in [-0.39, 0.29) is 0 Å². The van der Waals surface area contributed by atoms with E-state index in [1.165, 1.54) is 16.7 Å². The summed E-state index contributed by atoms with van der Waals surface area (Å²) in [4.78, 5) is 4.81. The zero-order chi connectivity index (χ0) is 28.8. The van der Waals surface area contributed by atoms with Gasteiger partial charge in [0.1, 0.15) is 17.5 Å². The molecule has 1 saturated heterocycles. The van der Waals surface area contributed by atoms with Crippen LogP contribution in [-0.2, 0) is 15.6 Å². The zero-order valence-corrected chi connectivity index (χ0v) is 24.6. The van der Waals surface area contributed by atoms with Crippen molar-refractivity contribution in [2.24, 2.45) is 0 Å². The van der Waals surface area contributed by atoms with E-state index in [1.54, 1.807) is 0 Å². The van der Waals surface area contributed by atoms with Crippen molar-refractivity contribution in [1.82, 2.24) is 9.80 Å². The van der Waals surface area contributed by atoms with Gasteiger partial charge in [-0.05, 0) is 54.8 Å². The molecule has 4 aromatic carbocycles. The maximum atomic E-state index is 12.9. The summed E-state index contributed by atoms with van der Waals surface area (Å²) in [6.45, 7) is 3.07. The molecule has 1 N–H and O–H groups in total. The SMILES string of the molecule is CN1CC2=C(OC3(CC2)CN(C)CC(c2ccccc2)(c2ccccc2)[C@H]3O)C(c2ccccc2)(c2ccccc2)C1. The van der Waals surface area contributed by atoms with Gasteiger partial charge in [0.15, 0.2) is 0 Å². The van der Waals surface area contributed by atoms with E-state index in [4.69, 9.17) is 4.74 Å². The molecule has 0 amide bonds. The van der Waals surface area contributed by atoms with E-state index in [1.807, 2.05) is 0 Å². The Hall–Kier alpha value is -3.70. The van der Waals surface area contributed by atoms with E-state index in [0.29, 0.717) is 13.1 Å². The molecule has 4 heteroatoms. The Labute approximate surface area is 249 Å². The average Bonchev–Trinajstić information content (AvgIpc) is 3.04. The highest BCUT2D eigenvalue weighted by Crippen LogP contribution is 2.54. The number of hydrogen-bond donors (Lipinski definition) is 1. The molecule has 2 atom stereocenters. The van der Waals surface area contributed by atoms with Crippen molar-refractivity contribution in [2.45, 2.75) is 35.4 Å². The number of rotatable bonds is 4. The molecule has 3 heterocycles. The molecule has 4 aromatic rings. The highest BCUT2D eigenvalue weighted by molar-refractivity contribution is 5.52. The monoisotopic (exact) mass is 556 g/mol. The quantitative estimate of drug-likeness (QED) is 0.334. The number of likely N-dealkylation sites (tertiary alicyclic amines) is 1. The summed E-state index contributed by atoms with van der Waals surface area (Å²) < 4.78 is 7.53. The van der Waals surface area contributed by atoms with Crippen LogP contribution >= 0.6 is 0 Å². The lowest BCUT2D eigenvalue weighted by molar-refractivity contribution is -0.176. The predicted octanol–water partition coefficient (Wildman–Crippen LogP) is 6.01. The van der Waals surface area contributed by atoms with Crippen LogP contribution in [0.1, 0.15) is 35.1 Å². The van der Waals surface area contributed by atoms with Crippen LogP contribution in [0.4, 0.5) is 0 Å². The van der Waals surface area contributed by atoms with Gasteiger partial charge in [0.2, 0.25) is 0 Å². The van der Waals surface area contributed by atoms with Crippen LogP contribution in [0, 0.1) is 0 Å². The molecule has 1 fully saturated rings. The van der Waals surface area contributed by atoms with Crippen LogP contribution in [0.5, 0.6) is 0 Å². The molecule has 0 aliphatic carbocycles. The second-order valence-corrected chi connectivity index (χ2v) is 12.7. The molecule has 1 spiro atoms. The minimum absolute atomic E-state index is 0.476. The van der Waals surface area contributed by atoms with Gasteiger partial charge in [0.05, 0.1) is 10.8 Å². The van der Waals surface area contributed by atoms with Crippen molar-refractivity contribution >= 4 is 0 Å². The largest absolute Gasteiger partial charge is 0.486 e. The molecule has 42 heavy (non-hydrogen) atoms. The Morgan fingerprint density at radius 1 is 0.619 bits per heavy atom. The van der Waals surface area contributed by atoms with Gasteiger partial charge >= 0.3 is 0 Å². The molecule has 7 rings (SSSR count). The van der Waals surface area contributed by atoms with Crippen LogP contribution in [0.15, 0.2) is 133 Å². The summed E-state index contributed by atoms with van der Waals surface area (Å²) in [6, 6.07) is 42.8. The topological polar surface area (TPSA) is 35.9 Å². The third-order valence-electron chi connectivity index (χ3n) is 9.96. The molecular formula is C38H40N2O2. The fourth-order valence-electron chi connectivity index (χ4n) is 8.26. The van der Waals surface area contributed by atoms with E-state index < -0.39 is 22.5 Å². The minimum atomic E-state index is -0.776. The van der Waals surface area contributed by atoms with Crippen molar-refractivity contribution in [2.75, 3.05) is 40.3 Å². The second-order valence-electron chi connectivity index (χ2n) is 12.7. The van der Waals surface area contributed by atoms with Crippen LogP contribution in [0.25, 0.3) is 0 Å². The molecular weight excluding hydrogens is 516 g/mol. The number of benzene rings is 4. The van der Waals surface area contributed by atoms with Crippen LogP contribution < -0.4 is 0 Å². The van der Waals surface area contributed by atoms with Crippen molar-refractivity contribution in [1.29, 1.82) is 0 Å². The Balaban J connectivity index is 1.42. The van der Waals surface area contributed by atoms with Crippen molar-refractivity contribution in [3.63, 3.8) is 0 Å². The first-order chi connectivity index (χ1) is 20.5. The lowest BCUT2D eigenvalue weighted by Gasteiger charge is -2.59. The van der Waals surface area contributed by atoms with E-state index in [0.717, 1.165) is 42.8 Å². The van der Waals surface area contributed by atoms with Crippen molar-refractivity contribution in [3.8, 4) is 0 Å². The molecule has 3 aliphatic heterocycles. The highest BCUT2D eigenvalue weighted by Gasteiger charge is 2.61. The maximum Gasteiger partial charge on any atom is 0.148 e. The van der Waals surface area contributed by atoms with Crippen molar-refractivity contribution < 1.29 is 9.84 Å². The number of aliphatic hydroxyl groups excluding tert-OH is 1. The smallest absolute Gasteiger partial charge is 0.148 e. The lowest BCUT2D eigenvalue weighted by Crippen LogP contribution is -2.70. The number of nitrogens with zero attached hydrogens (tertiary/aromatic N) is 2. The predicted molar refractivity (Wildman–Crippen MR) is 168 cm³/mol. The molecule has 4 nitrogen and oxygen atoms in total. The van der Waals surface area contributed by atoms with E-state index in [9.17, 15) is 5.11 Å². The summed E-state index contributed by atoms with van der Waals surface area (Å²) in [5, 5.41) is 12.9. The standard InChI is InChI=1S/C38H40N2O2/c1-39-25-29-23-24-36(42-34(29)37(27-39,30-15-7-3-8-16-30)31-17-9-4-10-18-31)26-40(2)28-38(35(36)41,32-19-11-5-12-20-32)33-21-13-6-14-22-33/h3-22,35,41H,23-28H2,1-2H3/t35-,36?/m0/s1. The molecule has 0 bridgehead atoms. The minimum Gasteiger partial charge on any atom is -0.486 e. The Morgan fingerprint density at radius 3 is 1.60 bits per heavy atom. The Morgan fingerprint density at radius 2 is 1.10 bits per heavy atom. The fraction of sp³-hybridized carbons (Fsp3) is 0.316. The summed E-state index contributed by atoms with van der Waals surface area (Å²) >= 11 is 0. The third-order valence-corrected chi connectivity index (χ3v) is 9.96. The Bertz CT molecular complexity index is 1480. The number of ether oxygens (including phenoxy) is 1. The molecule has 0 aromatic heterocycles. The summed E-state index contributed by atoms with van der Waals surface area (Å²) in [6.07, 6.45) is 0.918. The summed E-state index contributed by atoms with van der Waals surface area (Å²) in [5.74, 6) is 1.04. The van der Waals surface area contributed by atoms with Crippen LogP contribution in [-0.4, -0.2) is 66.9 Å². The van der Waals surface area contributed by atoms with Gasteiger partial charge in [0, 0.05) is 26.2 Å². The van der Waals surface area contributed by atoms with E-state index >= 15 is 0 Å². The molecule has 1 unspecified atom stereocenters. The van der Waals surface area contributed by atoms with Gasteiger partial charge in [-0.1, -0.05) is 121 Å². The normalized spacial score (nSPS) is 25.5. The first-order valence-corrected chi connectivity index (χ1v) is 15.2. The number of aliphatic hydroxyl groups is 1. The second kappa shape index (κ2) is 10.5. The molecule has 214 valence electrons. The average molecular weight is 557 g/mol. The van der Waals surface area contributed by atoms with Gasteiger partial charge in [-0.25, -0.2) is 0 Å². The van der Waals surface area contributed by atoms with Gasteiger partial charge in [-0.2, -0.15) is 0 Å². The molecule has 0 radical (unpaired) electrons. The lowest BCUT2D eigenvalue weighted by atomic mass is 9.60. The van der Waals surface area contributed by atoms with Gasteiger partial charge in [-0.15, -0.1) is 0 Å². The Kier molecular flexibility index (Phi) is 6.81. The highest BCUT2D eigenvalue weighted by atomic mass is 16.5. The van der Waals surface area contributed by atoms with Gasteiger partial charge in [0.25, 0.3) is 0 Å². The van der Waals surface area contributed by atoms with E-state index in [2.05, 4.69) is 145 Å². The van der Waals surface area contributed by atoms with Crippen LogP contribution in [0.2, 0.25) is 0 Å².